The molecule has 1 heterocycles. The molecule has 1 unspecified atom stereocenters. The predicted octanol–water partition coefficient (Wildman–Crippen LogP) is 3.60. The lowest BCUT2D eigenvalue weighted by Gasteiger charge is -2.15. The van der Waals surface area contributed by atoms with Crippen molar-refractivity contribution in [1.82, 2.24) is 0 Å². The molecule has 5 nitrogen and oxygen atoms in total. The third kappa shape index (κ3) is 5.51. The molecule has 1 saturated heterocycles. The molecule has 0 N–H and O–H groups in total. The highest BCUT2D eigenvalue weighted by Gasteiger charge is 2.39. The van der Waals surface area contributed by atoms with Crippen molar-refractivity contribution in [3.63, 3.8) is 0 Å². The first-order valence-electron chi connectivity index (χ1n) is 8.27. The summed E-state index contributed by atoms with van der Waals surface area (Å²) in [6, 6.07) is 7.39. The topological polar surface area (TPSA) is 63.7 Å². The minimum absolute atomic E-state index is 0.0876. The maximum Gasteiger partial charge on any atom is 0.306 e. The Balaban J connectivity index is 1.90. The Morgan fingerprint density at radius 2 is 1.96 bits per heavy atom. The van der Waals surface area contributed by atoms with Crippen LogP contribution in [0.5, 0.6) is 0 Å². The number of hydrogen-bond acceptors (Lipinski definition) is 6. The molecule has 2 rings (SSSR count). The maximum absolute atomic E-state index is 12.3. The molecule has 2 amide bonds. The van der Waals surface area contributed by atoms with E-state index in [4.69, 9.17) is 4.74 Å². The number of anilines is 1. The van der Waals surface area contributed by atoms with Crippen LogP contribution in [0.1, 0.15) is 38.7 Å². The van der Waals surface area contributed by atoms with Crippen LogP contribution in [0.15, 0.2) is 24.3 Å². The summed E-state index contributed by atoms with van der Waals surface area (Å²) in [5.74, 6) is -0.480. The van der Waals surface area contributed by atoms with Crippen molar-refractivity contribution in [3.8, 4) is 0 Å². The third-order valence-corrected chi connectivity index (χ3v) is 5.79. The van der Waals surface area contributed by atoms with E-state index in [2.05, 4.69) is 0 Å². The molecule has 0 aromatic heterocycles. The zero-order valence-electron chi connectivity index (χ0n) is 14.7. The first kappa shape index (κ1) is 19.8. The van der Waals surface area contributed by atoms with Crippen LogP contribution in [0.2, 0.25) is 0 Å². The van der Waals surface area contributed by atoms with E-state index in [1.807, 2.05) is 32.2 Å². The van der Waals surface area contributed by atoms with Gasteiger partial charge in [-0.05, 0) is 50.6 Å². The van der Waals surface area contributed by atoms with Gasteiger partial charge in [0.25, 0.3) is 0 Å². The van der Waals surface area contributed by atoms with Crippen molar-refractivity contribution < 1.29 is 19.1 Å². The highest BCUT2D eigenvalue weighted by Crippen LogP contribution is 2.34. The number of rotatable bonds is 8. The molecule has 25 heavy (non-hydrogen) atoms. The van der Waals surface area contributed by atoms with Gasteiger partial charge in [0, 0.05) is 12.8 Å². The molecule has 0 saturated carbocycles. The number of imide groups is 1. The molecule has 1 aromatic carbocycles. The van der Waals surface area contributed by atoms with Crippen molar-refractivity contribution in [2.45, 2.75) is 50.9 Å². The standard InChI is InChI=1S/C18H23NO4S2/c1-12(2)23-17(21)6-4-5-13-7-9-14(10-8-13)19-16(20)11-15(18(19)22)25-24-3/h7-10,12,15H,4-6,11H2,1-3H3. The number of aryl methyl sites for hydroxylation is 1. The lowest BCUT2D eigenvalue weighted by Crippen LogP contribution is -2.30. The fourth-order valence-corrected chi connectivity index (χ4v) is 4.42. The molecule has 0 spiro atoms. The van der Waals surface area contributed by atoms with Gasteiger partial charge >= 0.3 is 5.97 Å². The van der Waals surface area contributed by atoms with Gasteiger partial charge in [-0.15, -0.1) is 0 Å². The monoisotopic (exact) mass is 381 g/mol. The molecule has 0 bridgehead atoms. The van der Waals surface area contributed by atoms with Gasteiger partial charge in [0.15, 0.2) is 0 Å². The lowest BCUT2D eigenvalue weighted by molar-refractivity contribution is -0.147. The summed E-state index contributed by atoms with van der Waals surface area (Å²) in [6.07, 6.45) is 3.91. The summed E-state index contributed by atoms with van der Waals surface area (Å²) in [4.78, 5) is 37.3. The van der Waals surface area contributed by atoms with E-state index in [-0.39, 0.29) is 35.6 Å². The van der Waals surface area contributed by atoms with E-state index in [0.717, 1.165) is 12.0 Å². The van der Waals surface area contributed by atoms with E-state index < -0.39 is 0 Å². The van der Waals surface area contributed by atoms with Crippen LogP contribution in [0.3, 0.4) is 0 Å². The zero-order valence-corrected chi connectivity index (χ0v) is 16.3. The average molecular weight is 382 g/mol. The summed E-state index contributed by atoms with van der Waals surface area (Å²) < 4.78 is 5.10. The van der Waals surface area contributed by atoms with Crippen molar-refractivity contribution in [2.24, 2.45) is 0 Å². The van der Waals surface area contributed by atoms with E-state index >= 15 is 0 Å². The van der Waals surface area contributed by atoms with E-state index in [9.17, 15) is 14.4 Å². The first-order chi connectivity index (χ1) is 11.9. The van der Waals surface area contributed by atoms with E-state index in [0.29, 0.717) is 18.5 Å². The molecule has 1 aliphatic rings. The van der Waals surface area contributed by atoms with Crippen molar-refractivity contribution >= 4 is 45.1 Å². The number of esters is 1. The van der Waals surface area contributed by atoms with Crippen molar-refractivity contribution in [3.05, 3.63) is 29.8 Å². The zero-order chi connectivity index (χ0) is 18.4. The van der Waals surface area contributed by atoms with Crippen molar-refractivity contribution in [1.29, 1.82) is 0 Å². The Bertz CT molecular complexity index is 630. The number of carbonyl (C=O) groups excluding carboxylic acids is 3. The van der Waals surface area contributed by atoms with Crippen LogP contribution in [0.4, 0.5) is 5.69 Å². The molecule has 1 aromatic rings. The highest BCUT2D eigenvalue weighted by atomic mass is 33.1. The largest absolute Gasteiger partial charge is 0.463 e. The normalized spacial score (nSPS) is 17.4. The molecule has 0 aliphatic carbocycles. The van der Waals surface area contributed by atoms with Gasteiger partial charge in [0.05, 0.1) is 11.8 Å². The lowest BCUT2D eigenvalue weighted by atomic mass is 10.1. The quantitative estimate of drug-likeness (QED) is 0.389. The van der Waals surface area contributed by atoms with Crippen molar-refractivity contribution in [2.75, 3.05) is 11.2 Å². The number of amides is 2. The summed E-state index contributed by atoms with van der Waals surface area (Å²) in [5, 5.41) is -0.297. The highest BCUT2D eigenvalue weighted by molar-refractivity contribution is 8.76. The van der Waals surface area contributed by atoms with Gasteiger partial charge in [-0.25, -0.2) is 4.90 Å². The van der Waals surface area contributed by atoms with Gasteiger partial charge < -0.3 is 4.74 Å². The minimum atomic E-state index is -0.297. The molecule has 1 fully saturated rings. The number of carbonyl (C=O) groups is 3. The Morgan fingerprint density at radius 3 is 2.56 bits per heavy atom. The predicted molar refractivity (Wildman–Crippen MR) is 103 cm³/mol. The number of ether oxygens (including phenoxy) is 1. The van der Waals surface area contributed by atoms with E-state index in [1.54, 1.807) is 12.1 Å². The summed E-state index contributed by atoms with van der Waals surface area (Å²) in [7, 11) is 2.93. The van der Waals surface area contributed by atoms with Crippen LogP contribution in [0, 0.1) is 0 Å². The smallest absolute Gasteiger partial charge is 0.306 e. The van der Waals surface area contributed by atoms with Gasteiger partial charge in [-0.2, -0.15) is 0 Å². The fraction of sp³-hybridized carbons (Fsp3) is 0.500. The first-order valence-corrected chi connectivity index (χ1v) is 10.9. The molecule has 136 valence electrons. The Kier molecular flexibility index (Phi) is 7.38. The number of nitrogens with zero attached hydrogens (tertiary/aromatic N) is 1. The van der Waals surface area contributed by atoms with Crippen LogP contribution in [-0.2, 0) is 25.5 Å². The average Bonchev–Trinajstić information content (AvgIpc) is 2.82. The van der Waals surface area contributed by atoms with E-state index in [1.165, 1.54) is 26.5 Å². The molecule has 7 heteroatoms. The Hall–Kier alpha value is -1.47. The molecule has 1 atom stereocenters. The SMILES string of the molecule is CSSC1CC(=O)N(c2ccc(CCCC(=O)OC(C)C)cc2)C1=O. The van der Waals surface area contributed by atoms with Gasteiger partial charge in [0.1, 0.15) is 5.25 Å². The summed E-state index contributed by atoms with van der Waals surface area (Å²) >= 11 is 0. The minimum Gasteiger partial charge on any atom is -0.463 e. The van der Waals surface area contributed by atoms with Gasteiger partial charge in [0.2, 0.25) is 11.8 Å². The van der Waals surface area contributed by atoms with Gasteiger partial charge in [-0.3, -0.25) is 14.4 Å². The second-order valence-corrected chi connectivity index (χ2v) is 8.75. The van der Waals surface area contributed by atoms with Gasteiger partial charge in [-0.1, -0.05) is 33.7 Å². The fourth-order valence-electron chi connectivity index (χ4n) is 2.64. The molecule has 0 radical (unpaired) electrons. The van der Waals surface area contributed by atoms with Crippen LogP contribution in [0.25, 0.3) is 0 Å². The molecular formula is C18H23NO4S2. The molecule has 1 aliphatic heterocycles. The second-order valence-electron chi connectivity index (χ2n) is 6.08. The Labute approximate surface area is 156 Å². The van der Waals surface area contributed by atoms with Crippen LogP contribution in [-0.4, -0.2) is 35.4 Å². The van der Waals surface area contributed by atoms with Crippen LogP contribution >= 0.6 is 21.6 Å². The summed E-state index contributed by atoms with van der Waals surface area (Å²) in [5.41, 5.74) is 1.68. The van der Waals surface area contributed by atoms with Crippen LogP contribution < -0.4 is 4.90 Å². The number of hydrogen-bond donors (Lipinski definition) is 0. The second kappa shape index (κ2) is 9.29. The number of benzene rings is 1. The third-order valence-electron chi connectivity index (χ3n) is 3.73. The maximum atomic E-state index is 12.3. The molecular weight excluding hydrogens is 358 g/mol. The Morgan fingerprint density at radius 1 is 1.28 bits per heavy atom. The summed E-state index contributed by atoms with van der Waals surface area (Å²) in [6.45, 7) is 3.67.